The zero-order chi connectivity index (χ0) is 37.3. The molecule has 6 aliphatic heterocycles. The predicted molar refractivity (Wildman–Crippen MR) is 189 cm³/mol. The van der Waals surface area contributed by atoms with Crippen LogP contribution in [0.15, 0.2) is 0 Å². The van der Waals surface area contributed by atoms with E-state index in [1.54, 1.807) is 14.0 Å². The molecule has 6 fully saturated rings. The van der Waals surface area contributed by atoms with Gasteiger partial charge in [0.15, 0.2) is 11.6 Å². The Kier molecular flexibility index (Phi) is 11.4. The number of hydrogen-bond acceptors (Lipinski definition) is 10. The third kappa shape index (κ3) is 7.19. The lowest BCUT2D eigenvalue weighted by Gasteiger charge is -2.50. The molecule has 0 aliphatic carbocycles. The topological polar surface area (TPSA) is 142 Å². The second-order valence-corrected chi connectivity index (χ2v) is 18.4. The molecule has 6 rings (SSSR count). The number of methoxy groups -OCH3 is 1. The lowest BCUT2D eigenvalue weighted by Crippen LogP contribution is -2.58. The highest BCUT2D eigenvalue weighted by Crippen LogP contribution is 2.57. The Bertz CT molecular complexity index is 1230. The second kappa shape index (κ2) is 14.6. The van der Waals surface area contributed by atoms with E-state index in [9.17, 15) is 20.1 Å². The molecule has 3 N–H and O–H groups in total. The van der Waals surface area contributed by atoms with Gasteiger partial charge < -0.3 is 48.5 Å². The molecule has 0 bridgehead atoms. The number of aliphatic carboxylic acids is 1. The molecule has 0 saturated carbocycles. The molecule has 3 unspecified atom stereocenters. The first-order valence-electron chi connectivity index (χ1n) is 20.0. The molecule has 6 saturated heterocycles. The van der Waals surface area contributed by atoms with Crippen LogP contribution in [0.2, 0.25) is 0 Å². The van der Waals surface area contributed by atoms with Gasteiger partial charge in [-0.25, -0.2) is 0 Å². The summed E-state index contributed by atoms with van der Waals surface area (Å²) in [5, 5.41) is 30.7. The Morgan fingerprint density at radius 1 is 0.863 bits per heavy atom. The summed E-state index contributed by atoms with van der Waals surface area (Å²) in [6, 6.07) is 0. The molecule has 11 nitrogen and oxygen atoms in total. The average Bonchev–Trinajstić information content (AvgIpc) is 3.75. The largest absolute Gasteiger partial charge is 0.481 e. The zero-order valence-electron chi connectivity index (χ0n) is 32.8. The van der Waals surface area contributed by atoms with Gasteiger partial charge in [0.05, 0.1) is 72.6 Å². The molecule has 6 aliphatic rings. The van der Waals surface area contributed by atoms with Gasteiger partial charge in [-0.1, -0.05) is 41.5 Å². The van der Waals surface area contributed by atoms with Crippen LogP contribution < -0.4 is 0 Å². The van der Waals surface area contributed by atoms with Crippen molar-refractivity contribution in [1.29, 1.82) is 0 Å². The van der Waals surface area contributed by atoms with Gasteiger partial charge in [0.1, 0.15) is 0 Å². The van der Waals surface area contributed by atoms with Crippen molar-refractivity contribution in [2.45, 2.75) is 192 Å². The number of carbonyl (C=O) groups is 1. The number of aliphatic hydroxyl groups excluding tert-OH is 1. The van der Waals surface area contributed by atoms with Crippen molar-refractivity contribution in [3.63, 3.8) is 0 Å². The molecule has 19 atom stereocenters. The first-order chi connectivity index (χ1) is 23.9. The smallest absolute Gasteiger partial charge is 0.308 e. The summed E-state index contributed by atoms with van der Waals surface area (Å²) in [5.41, 5.74) is -1.10. The number of aliphatic hydroxyl groups is 2. The second-order valence-electron chi connectivity index (χ2n) is 18.4. The molecule has 294 valence electrons. The standard InChI is InChI=1S/C40H68O11/c1-21-11-12-28(46-33(21)26(6)36(42)43)17-29-18-30(45-10)27(7)40(48-29)25(5)19-38(9,51-40)32-13-14-37(8,49-32)35-23(3)16-31(47-35)34-22(2)15-24(4)39(44,20-41)50-34/h21-35,41,44H,11-20H2,1-10H3,(H,42,43)/t21-,22-,23-,24+,25+,26+,27+,28+,29+,30+,31+,32?,33?,34-,35?,37-,38-,39-,40+/m0/s1. The lowest BCUT2D eigenvalue weighted by molar-refractivity contribution is -0.353. The first-order valence-corrected chi connectivity index (χ1v) is 20.0. The summed E-state index contributed by atoms with van der Waals surface area (Å²) in [5.74, 6) is -3.26. The predicted octanol–water partition coefficient (Wildman–Crippen LogP) is 5.71. The lowest BCUT2D eigenvalue weighted by atomic mass is 9.78. The summed E-state index contributed by atoms with van der Waals surface area (Å²) >= 11 is 0. The van der Waals surface area contributed by atoms with E-state index in [0.29, 0.717) is 6.42 Å². The highest BCUT2D eigenvalue weighted by molar-refractivity contribution is 5.70. The molecule has 0 aromatic heterocycles. The van der Waals surface area contributed by atoms with Crippen LogP contribution in [0.5, 0.6) is 0 Å². The fourth-order valence-electron chi connectivity index (χ4n) is 11.3. The molecule has 0 aromatic carbocycles. The van der Waals surface area contributed by atoms with Crippen LogP contribution in [-0.2, 0) is 38.0 Å². The third-order valence-electron chi connectivity index (χ3n) is 14.4. The van der Waals surface area contributed by atoms with E-state index < -0.39 is 41.3 Å². The van der Waals surface area contributed by atoms with Crippen LogP contribution in [-0.4, -0.2) is 107 Å². The molecule has 0 aromatic rings. The van der Waals surface area contributed by atoms with Gasteiger partial charge in [0, 0.05) is 37.7 Å². The quantitative estimate of drug-likeness (QED) is 0.269. The van der Waals surface area contributed by atoms with Gasteiger partial charge in [-0.05, 0) is 83.5 Å². The molecule has 51 heavy (non-hydrogen) atoms. The van der Waals surface area contributed by atoms with Gasteiger partial charge in [-0.3, -0.25) is 4.79 Å². The van der Waals surface area contributed by atoms with Gasteiger partial charge in [0.2, 0.25) is 0 Å². The fraction of sp³-hybridized carbons (Fsp3) is 0.975. The van der Waals surface area contributed by atoms with Gasteiger partial charge >= 0.3 is 5.97 Å². The van der Waals surface area contributed by atoms with Gasteiger partial charge in [-0.2, -0.15) is 0 Å². The van der Waals surface area contributed by atoms with Crippen molar-refractivity contribution >= 4 is 5.97 Å². The Balaban J connectivity index is 1.13. The van der Waals surface area contributed by atoms with E-state index in [-0.39, 0.29) is 84.3 Å². The molecule has 1 spiro atoms. The third-order valence-corrected chi connectivity index (χ3v) is 14.4. The van der Waals surface area contributed by atoms with E-state index in [1.807, 2.05) is 6.92 Å². The first kappa shape index (κ1) is 39.8. The van der Waals surface area contributed by atoms with E-state index in [1.165, 1.54) is 0 Å². The van der Waals surface area contributed by atoms with Crippen molar-refractivity contribution in [2.75, 3.05) is 13.7 Å². The summed E-state index contributed by atoms with van der Waals surface area (Å²) in [6.07, 6.45) is 5.85. The molecule has 0 radical (unpaired) electrons. The molecule has 11 heteroatoms. The van der Waals surface area contributed by atoms with Crippen LogP contribution in [0.1, 0.15) is 120 Å². The van der Waals surface area contributed by atoms with Gasteiger partial charge in [-0.15, -0.1) is 0 Å². The average molecular weight is 725 g/mol. The minimum absolute atomic E-state index is 0.00727. The Morgan fingerprint density at radius 2 is 1.59 bits per heavy atom. The number of carboxylic acid groups (broad SMARTS) is 1. The summed E-state index contributed by atoms with van der Waals surface area (Å²) < 4.78 is 47.0. The normalized spacial score (nSPS) is 54.2. The molecule has 0 amide bonds. The highest BCUT2D eigenvalue weighted by atomic mass is 16.7. The number of carboxylic acids is 1. The number of ether oxygens (including phenoxy) is 7. The zero-order valence-corrected chi connectivity index (χ0v) is 32.8. The molecular formula is C40H68O11. The number of rotatable bonds is 9. The maximum Gasteiger partial charge on any atom is 0.308 e. The highest BCUT2D eigenvalue weighted by Gasteiger charge is 2.65. The fourth-order valence-corrected chi connectivity index (χ4v) is 11.3. The monoisotopic (exact) mass is 724 g/mol. The van der Waals surface area contributed by atoms with E-state index >= 15 is 0 Å². The summed E-state index contributed by atoms with van der Waals surface area (Å²) in [7, 11) is 1.77. The van der Waals surface area contributed by atoms with Crippen LogP contribution in [0.3, 0.4) is 0 Å². The van der Waals surface area contributed by atoms with Crippen molar-refractivity contribution in [3.8, 4) is 0 Å². The van der Waals surface area contributed by atoms with Crippen molar-refractivity contribution in [1.82, 2.24) is 0 Å². The summed E-state index contributed by atoms with van der Waals surface area (Å²) in [4.78, 5) is 11.8. The van der Waals surface area contributed by atoms with E-state index in [2.05, 4.69) is 48.5 Å². The summed E-state index contributed by atoms with van der Waals surface area (Å²) in [6.45, 7) is 18.4. The van der Waals surface area contributed by atoms with Crippen LogP contribution >= 0.6 is 0 Å². The molecular weight excluding hydrogens is 656 g/mol. The Hall–Kier alpha value is -0.890. The Morgan fingerprint density at radius 3 is 2.25 bits per heavy atom. The molecule has 6 heterocycles. The van der Waals surface area contributed by atoms with Crippen molar-refractivity contribution < 1.29 is 53.3 Å². The van der Waals surface area contributed by atoms with E-state index in [0.717, 1.165) is 51.4 Å². The van der Waals surface area contributed by atoms with Crippen LogP contribution in [0.25, 0.3) is 0 Å². The van der Waals surface area contributed by atoms with Gasteiger partial charge in [0.25, 0.3) is 0 Å². The SMILES string of the molecule is CO[C@@H]1C[C@@H](C[C@H]2CC[C@H](C)C([C@@H](C)C(=O)O)O2)O[C@]2(O[C@](C)(C3CC[C@@](C)(C4O[C@@H]([C@H]5O[C@@](O)(CO)[C@H](C)C[C@@H]5C)C[C@@H]4C)O3)C[C@H]2C)[C@@H]1C. The maximum atomic E-state index is 11.8. The van der Waals surface area contributed by atoms with Crippen molar-refractivity contribution in [3.05, 3.63) is 0 Å². The van der Waals surface area contributed by atoms with Crippen molar-refractivity contribution in [2.24, 2.45) is 41.4 Å². The van der Waals surface area contributed by atoms with E-state index in [4.69, 9.17) is 33.2 Å². The Labute approximate surface area is 305 Å². The van der Waals surface area contributed by atoms with Crippen LogP contribution in [0.4, 0.5) is 0 Å². The minimum Gasteiger partial charge on any atom is -0.481 e. The number of hydrogen-bond donors (Lipinski definition) is 3. The maximum absolute atomic E-state index is 11.8. The van der Waals surface area contributed by atoms with Crippen LogP contribution in [0, 0.1) is 41.4 Å². The minimum atomic E-state index is -1.55.